The lowest BCUT2D eigenvalue weighted by Gasteiger charge is -2.32. The molecule has 0 fully saturated rings. The summed E-state index contributed by atoms with van der Waals surface area (Å²) < 4.78 is 11.8. The maximum atomic E-state index is 12.6. The Morgan fingerprint density at radius 3 is 1.73 bits per heavy atom. The Hall–Kier alpha value is -4.52. The third kappa shape index (κ3) is 7.24. The molecule has 0 saturated carbocycles. The third-order valence-electron chi connectivity index (χ3n) is 10.0. The molecule has 7 rings (SSSR count). The average Bonchev–Trinajstić information content (AvgIpc) is 3.59. The van der Waals surface area contributed by atoms with Crippen molar-refractivity contribution < 1.29 is 19.1 Å². The Balaban J connectivity index is 0.000000179. The Bertz CT molecular complexity index is 2150. The first-order valence-electron chi connectivity index (χ1n) is 17.8. The molecule has 0 aromatic heterocycles. The van der Waals surface area contributed by atoms with Gasteiger partial charge in [-0.05, 0) is 152 Å². The van der Waals surface area contributed by atoms with Crippen LogP contribution in [-0.4, -0.2) is 24.5 Å². The summed E-state index contributed by atoms with van der Waals surface area (Å²) in [5.41, 5.74) is 11.9. The Labute approximate surface area is 317 Å². The average molecular weight is 738 g/mol. The number of nitrogens with one attached hydrogen (secondary N) is 2. The van der Waals surface area contributed by atoms with E-state index in [1.165, 1.54) is 5.56 Å². The minimum atomic E-state index is -0.120. The van der Waals surface area contributed by atoms with E-state index in [0.717, 1.165) is 80.2 Å². The van der Waals surface area contributed by atoms with Gasteiger partial charge in [0, 0.05) is 43.7 Å². The SMILES string of the molecule is COc1c(C(C)C)cc(C=C2C(=O)Nc3ccc(Cl)c(C)c32)cc1C(C)C.Cc1c(Cl)ccc2c1C(=Cc1ccc3c(c1)CCC(C)(C)O3)C(=O)N2. The predicted octanol–water partition coefficient (Wildman–Crippen LogP) is 11.6. The summed E-state index contributed by atoms with van der Waals surface area (Å²) in [5, 5.41) is 7.19. The maximum Gasteiger partial charge on any atom is 0.256 e. The standard InChI is InChI=1S/C23H26ClNO2.C21H20ClNO2/c1-12(2)16-9-15(10-17(13(3)4)22(16)27-6)11-18-21-14(5)19(24)7-8-20(21)25-23(18)26;1-12-16(22)5-6-17-19(12)15(20(24)23-17)11-13-4-7-18-14(10-13)8-9-21(2,3)25-18/h7-13H,1-6H3,(H,25,26);4-7,10-11H,8-9H2,1-3H3,(H,23,24). The smallest absolute Gasteiger partial charge is 0.256 e. The molecule has 8 heteroatoms. The summed E-state index contributed by atoms with van der Waals surface area (Å²) >= 11 is 12.5. The van der Waals surface area contributed by atoms with Gasteiger partial charge in [0.05, 0.1) is 7.11 Å². The van der Waals surface area contributed by atoms with Gasteiger partial charge in [-0.1, -0.05) is 57.0 Å². The minimum Gasteiger partial charge on any atom is -0.496 e. The van der Waals surface area contributed by atoms with E-state index < -0.39 is 0 Å². The highest BCUT2D eigenvalue weighted by atomic mass is 35.5. The number of benzene rings is 4. The highest BCUT2D eigenvalue weighted by Gasteiger charge is 2.30. The molecule has 6 nitrogen and oxygen atoms in total. The molecule has 270 valence electrons. The number of carbonyl (C=O) groups is 2. The maximum absolute atomic E-state index is 12.6. The molecule has 52 heavy (non-hydrogen) atoms. The largest absolute Gasteiger partial charge is 0.496 e. The second-order valence-corrected chi connectivity index (χ2v) is 15.8. The van der Waals surface area contributed by atoms with Crippen molar-refractivity contribution in [2.24, 2.45) is 0 Å². The Morgan fingerprint density at radius 2 is 1.25 bits per heavy atom. The van der Waals surface area contributed by atoms with Gasteiger partial charge >= 0.3 is 0 Å². The van der Waals surface area contributed by atoms with E-state index in [9.17, 15) is 9.59 Å². The van der Waals surface area contributed by atoms with Gasteiger partial charge in [0.25, 0.3) is 11.8 Å². The topological polar surface area (TPSA) is 76.7 Å². The lowest BCUT2D eigenvalue weighted by atomic mass is 9.90. The van der Waals surface area contributed by atoms with Crippen LogP contribution in [0.25, 0.3) is 23.3 Å². The van der Waals surface area contributed by atoms with Gasteiger partial charge in [0.15, 0.2) is 0 Å². The summed E-state index contributed by atoms with van der Waals surface area (Å²) in [6, 6.07) is 17.7. The molecule has 2 N–H and O–H groups in total. The molecule has 0 bridgehead atoms. The van der Waals surface area contributed by atoms with E-state index in [2.05, 4.69) is 70.4 Å². The van der Waals surface area contributed by atoms with Crippen LogP contribution in [0.2, 0.25) is 10.0 Å². The van der Waals surface area contributed by atoms with Crippen molar-refractivity contribution in [1.29, 1.82) is 0 Å². The van der Waals surface area contributed by atoms with Crippen LogP contribution >= 0.6 is 23.2 Å². The van der Waals surface area contributed by atoms with Gasteiger partial charge in [0.2, 0.25) is 0 Å². The van der Waals surface area contributed by atoms with Crippen molar-refractivity contribution in [1.82, 2.24) is 0 Å². The van der Waals surface area contributed by atoms with Crippen molar-refractivity contribution in [3.05, 3.63) is 115 Å². The highest BCUT2D eigenvalue weighted by molar-refractivity contribution is 6.38. The predicted molar refractivity (Wildman–Crippen MR) is 216 cm³/mol. The van der Waals surface area contributed by atoms with E-state index >= 15 is 0 Å². The van der Waals surface area contributed by atoms with Gasteiger partial charge in [-0.2, -0.15) is 0 Å². The van der Waals surface area contributed by atoms with Crippen LogP contribution in [0.1, 0.15) is 110 Å². The highest BCUT2D eigenvalue weighted by Crippen LogP contribution is 2.42. The van der Waals surface area contributed by atoms with E-state index in [1.807, 2.05) is 62.4 Å². The molecule has 3 aliphatic heterocycles. The molecule has 0 radical (unpaired) electrons. The van der Waals surface area contributed by atoms with Gasteiger partial charge < -0.3 is 20.1 Å². The summed E-state index contributed by atoms with van der Waals surface area (Å²) in [5.74, 6) is 2.33. The Morgan fingerprint density at radius 1 is 0.750 bits per heavy atom. The number of methoxy groups -OCH3 is 1. The molecule has 0 atom stereocenters. The number of ether oxygens (including phenoxy) is 2. The van der Waals surface area contributed by atoms with Crippen LogP contribution in [0.4, 0.5) is 11.4 Å². The number of halogens is 2. The number of hydrogen-bond acceptors (Lipinski definition) is 4. The summed E-state index contributed by atoms with van der Waals surface area (Å²) in [6.45, 7) is 16.7. The second-order valence-electron chi connectivity index (χ2n) is 15.0. The van der Waals surface area contributed by atoms with Crippen molar-refractivity contribution in [2.75, 3.05) is 17.7 Å². The number of amides is 2. The molecule has 2 amide bonds. The summed E-state index contributed by atoms with van der Waals surface area (Å²) in [4.78, 5) is 25.0. The van der Waals surface area contributed by atoms with Crippen molar-refractivity contribution in [2.45, 2.75) is 85.7 Å². The first-order valence-corrected chi connectivity index (χ1v) is 18.5. The first kappa shape index (κ1) is 37.2. The molecule has 0 spiro atoms. The molecule has 4 aromatic rings. The molecule has 3 aliphatic rings. The zero-order valence-electron chi connectivity index (χ0n) is 31.3. The van der Waals surface area contributed by atoms with Crippen LogP contribution in [0.3, 0.4) is 0 Å². The number of anilines is 2. The zero-order chi connectivity index (χ0) is 37.6. The number of hydrogen-bond donors (Lipinski definition) is 2. The number of carbonyl (C=O) groups excluding carboxylic acids is 2. The van der Waals surface area contributed by atoms with E-state index in [-0.39, 0.29) is 17.4 Å². The number of fused-ring (bicyclic) bond motifs is 3. The lowest BCUT2D eigenvalue weighted by molar-refractivity contribution is -0.111. The fraction of sp³-hybridized carbons (Fsp3) is 0.318. The van der Waals surface area contributed by atoms with Gasteiger partial charge in [0.1, 0.15) is 17.1 Å². The van der Waals surface area contributed by atoms with Gasteiger partial charge in [-0.15, -0.1) is 0 Å². The molecule has 0 unspecified atom stereocenters. The van der Waals surface area contributed by atoms with E-state index in [0.29, 0.717) is 33.0 Å². The summed E-state index contributed by atoms with van der Waals surface area (Å²) in [7, 11) is 1.72. The molecule has 0 saturated heterocycles. The normalized spacial score (nSPS) is 16.9. The van der Waals surface area contributed by atoms with Crippen LogP contribution in [0.5, 0.6) is 11.5 Å². The Kier molecular flexibility index (Phi) is 10.4. The summed E-state index contributed by atoms with van der Waals surface area (Å²) in [6.07, 6.45) is 5.86. The molecule has 0 aliphatic carbocycles. The van der Waals surface area contributed by atoms with Crippen LogP contribution in [-0.2, 0) is 16.0 Å². The van der Waals surface area contributed by atoms with E-state index in [1.54, 1.807) is 7.11 Å². The molecule has 4 aromatic carbocycles. The molecular formula is C44H46Cl2N2O4. The minimum absolute atomic E-state index is 0.0875. The van der Waals surface area contributed by atoms with Gasteiger partial charge in [-0.25, -0.2) is 0 Å². The first-order chi connectivity index (χ1) is 24.6. The van der Waals surface area contributed by atoms with Crippen LogP contribution in [0, 0.1) is 13.8 Å². The van der Waals surface area contributed by atoms with Crippen molar-refractivity contribution in [3.63, 3.8) is 0 Å². The zero-order valence-corrected chi connectivity index (χ0v) is 32.8. The number of rotatable bonds is 5. The van der Waals surface area contributed by atoms with E-state index in [4.69, 9.17) is 32.7 Å². The lowest BCUT2D eigenvalue weighted by Crippen LogP contribution is -2.32. The van der Waals surface area contributed by atoms with Gasteiger partial charge in [-0.3, -0.25) is 9.59 Å². The fourth-order valence-corrected chi connectivity index (χ4v) is 7.45. The van der Waals surface area contributed by atoms with Crippen LogP contribution in [0.15, 0.2) is 54.6 Å². The second kappa shape index (κ2) is 14.5. The quantitative estimate of drug-likeness (QED) is 0.200. The molecule has 3 heterocycles. The number of aryl methyl sites for hydroxylation is 1. The third-order valence-corrected chi connectivity index (χ3v) is 10.8. The molecular weight excluding hydrogens is 691 g/mol. The van der Waals surface area contributed by atoms with Crippen molar-refractivity contribution >= 4 is 69.7 Å². The fourth-order valence-electron chi connectivity index (χ4n) is 7.13. The monoisotopic (exact) mass is 736 g/mol. The van der Waals surface area contributed by atoms with Crippen molar-refractivity contribution in [3.8, 4) is 11.5 Å². The van der Waals surface area contributed by atoms with Crippen LogP contribution < -0.4 is 20.1 Å².